The molecule has 5 heteroatoms. The first-order valence-corrected chi connectivity index (χ1v) is 9.65. The van der Waals surface area contributed by atoms with E-state index in [1.54, 1.807) is 12.4 Å². The Morgan fingerprint density at radius 2 is 1.79 bits per heavy atom. The maximum atomic E-state index is 12.3. The summed E-state index contributed by atoms with van der Waals surface area (Å²) in [6.45, 7) is 5.48. The molecule has 0 radical (unpaired) electrons. The number of carbonyl (C=O) groups is 1. The summed E-state index contributed by atoms with van der Waals surface area (Å²) < 4.78 is 0. The zero-order valence-electron chi connectivity index (χ0n) is 16.4. The smallest absolute Gasteiger partial charge is 0.254 e. The fraction of sp³-hybridized carbons (Fsp3) is 0.261. The van der Waals surface area contributed by atoms with Crippen molar-refractivity contribution in [3.8, 4) is 0 Å². The van der Waals surface area contributed by atoms with E-state index in [2.05, 4.69) is 53.4 Å². The summed E-state index contributed by atoms with van der Waals surface area (Å²) in [5.74, 6) is 0.451. The fourth-order valence-corrected chi connectivity index (χ4v) is 3.05. The first kappa shape index (κ1) is 19.5. The molecule has 0 aliphatic carbocycles. The molecule has 0 saturated heterocycles. The second-order valence-electron chi connectivity index (χ2n) is 6.70. The molecule has 1 amide bonds. The Balaban J connectivity index is 1.56. The molecule has 0 saturated carbocycles. The Morgan fingerprint density at radius 3 is 2.46 bits per heavy atom. The normalized spacial score (nSPS) is 10.5. The van der Waals surface area contributed by atoms with Crippen LogP contribution in [0.3, 0.4) is 0 Å². The van der Waals surface area contributed by atoms with Crippen LogP contribution in [0.15, 0.2) is 67.0 Å². The molecule has 1 N–H and O–H groups in total. The summed E-state index contributed by atoms with van der Waals surface area (Å²) in [6.07, 6.45) is 5.02. The third kappa shape index (κ3) is 5.16. The third-order valence-corrected chi connectivity index (χ3v) is 4.54. The molecule has 0 atom stereocenters. The van der Waals surface area contributed by atoms with Crippen LogP contribution >= 0.6 is 0 Å². The molecule has 1 aromatic heterocycles. The van der Waals surface area contributed by atoms with Crippen LogP contribution in [0, 0.1) is 6.92 Å². The number of hydrogen-bond acceptors (Lipinski definition) is 4. The maximum Gasteiger partial charge on any atom is 0.254 e. The summed E-state index contributed by atoms with van der Waals surface area (Å²) >= 11 is 0. The van der Waals surface area contributed by atoms with E-state index in [9.17, 15) is 4.79 Å². The van der Waals surface area contributed by atoms with Crippen LogP contribution in [-0.4, -0.2) is 29.0 Å². The molecule has 1 heterocycles. The van der Waals surface area contributed by atoms with Crippen molar-refractivity contribution in [2.24, 2.45) is 0 Å². The van der Waals surface area contributed by atoms with Gasteiger partial charge in [0, 0.05) is 31.2 Å². The van der Waals surface area contributed by atoms with Crippen molar-refractivity contribution in [2.75, 3.05) is 18.0 Å². The highest BCUT2D eigenvalue weighted by atomic mass is 16.1. The van der Waals surface area contributed by atoms with Crippen molar-refractivity contribution in [2.45, 2.75) is 26.7 Å². The molecule has 0 spiro atoms. The van der Waals surface area contributed by atoms with Crippen LogP contribution in [0.25, 0.3) is 0 Å². The second-order valence-corrected chi connectivity index (χ2v) is 6.70. The van der Waals surface area contributed by atoms with Crippen molar-refractivity contribution in [1.29, 1.82) is 0 Å². The van der Waals surface area contributed by atoms with E-state index in [1.165, 1.54) is 11.1 Å². The Morgan fingerprint density at radius 1 is 1.04 bits per heavy atom. The summed E-state index contributed by atoms with van der Waals surface area (Å²) in [4.78, 5) is 23.2. The summed E-state index contributed by atoms with van der Waals surface area (Å²) in [6, 6.07) is 18.5. The Hall–Kier alpha value is -3.21. The number of nitrogens with zero attached hydrogens (tertiary/aromatic N) is 3. The minimum Gasteiger partial charge on any atom is -0.352 e. The van der Waals surface area contributed by atoms with E-state index >= 15 is 0 Å². The van der Waals surface area contributed by atoms with Crippen LogP contribution in [0.4, 0.5) is 11.6 Å². The summed E-state index contributed by atoms with van der Waals surface area (Å²) in [5.41, 5.74) is 3.98. The van der Waals surface area contributed by atoms with E-state index in [1.807, 2.05) is 35.2 Å². The SMILES string of the molecule is CCN(c1cccc(C)c1)c1ncc(C(=O)NCCCc2ccccc2)cn1. The zero-order valence-corrected chi connectivity index (χ0v) is 16.4. The molecule has 3 aromatic rings. The number of hydrogen-bond donors (Lipinski definition) is 1. The minimum absolute atomic E-state index is 0.141. The topological polar surface area (TPSA) is 58.1 Å². The average molecular weight is 374 g/mol. The van der Waals surface area contributed by atoms with Crippen LogP contribution in [-0.2, 0) is 6.42 Å². The Bertz CT molecular complexity index is 894. The van der Waals surface area contributed by atoms with Crippen molar-refractivity contribution in [1.82, 2.24) is 15.3 Å². The predicted molar refractivity (Wildman–Crippen MR) is 113 cm³/mol. The molecule has 0 aliphatic rings. The van der Waals surface area contributed by atoms with Crippen LogP contribution in [0.5, 0.6) is 0 Å². The maximum absolute atomic E-state index is 12.3. The molecular formula is C23H26N4O. The van der Waals surface area contributed by atoms with E-state index < -0.39 is 0 Å². The van der Waals surface area contributed by atoms with E-state index in [4.69, 9.17) is 0 Å². The third-order valence-electron chi connectivity index (χ3n) is 4.54. The van der Waals surface area contributed by atoms with Crippen molar-refractivity contribution in [3.05, 3.63) is 83.7 Å². The molecule has 0 fully saturated rings. The first-order chi connectivity index (χ1) is 13.7. The lowest BCUT2D eigenvalue weighted by Crippen LogP contribution is -2.25. The van der Waals surface area contributed by atoms with Gasteiger partial charge in [0.15, 0.2) is 0 Å². The predicted octanol–water partition coefficient (Wildman–Crippen LogP) is 4.31. The molecule has 0 bridgehead atoms. The van der Waals surface area contributed by atoms with Crippen LogP contribution in [0.1, 0.15) is 34.8 Å². The van der Waals surface area contributed by atoms with Gasteiger partial charge in [-0.2, -0.15) is 0 Å². The highest BCUT2D eigenvalue weighted by Gasteiger charge is 2.12. The molecule has 3 rings (SSSR count). The molecule has 28 heavy (non-hydrogen) atoms. The van der Waals surface area contributed by atoms with Crippen LogP contribution in [0.2, 0.25) is 0 Å². The van der Waals surface area contributed by atoms with Gasteiger partial charge in [-0.15, -0.1) is 0 Å². The lowest BCUT2D eigenvalue weighted by molar-refractivity contribution is 0.0952. The molecule has 0 unspecified atom stereocenters. The first-order valence-electron chi connectivity index (χ1n) is 9.65. The van der Waals surface area contributed by atoms with Gasteiger partial charge >= 0.3 is 0 Å². The average Bonchev–Trinajstić information content (AvgIpc) is 2.73. The highest BCUT2D eigenvalue weighted by molar-refractivity contribution is 5.93. The van der Waals surface area contributed by atoms with Gasteiger partial charge in [-0.1, -0.05) is 42.5 Å². The van der Waals surface area contributed by atoms with E-state index in [-0.39, 0.29) is 5.91 Å². The zero-order chi connectivity index (χ0) is 19.8. The Labute approximate surface area is 166 Å². The number of benzene rings is 2. The molecular weight excluding hydrogens is 348 g/mol. The molecule has 144 valence electrons. The number of carbonyl (C=O) groups excluding carboxylic acids is 1. The summed E-state index contributed by atoms with van der Waals surface area (Å²) in [7, 11) is 0. The van der Waals surface area contributed by atoms with Gasteiger partial charge in [0.05, 0.1) is 5.56 Å². The lowest BCUT2D eigenvalue weighted by Gasteiger charge is -2.21. The Kier molecular flexibility index (Phi) is 6.73. The standard InChI is InChI=1S/C23H26N4O/c1-3-27(21-13-7-9-18(2)15-21)23-25-16-20(17-26-23)22(28)24-14-8-12-19-10-5-4-6-11-19/h4-7,9-11,13,15-17H,3,8,12,14H2,1-2H3,(H,24,28). The molecule has 5 nitrogen and oxygen atoms in total. The van der Waals surface area contributed by atoms with Crippen LogP contribution < -0.4 is 10.2 Å². The van der Waals surface area contributed by atoms with Gasteiger partial charge < -0.3 is 10.2 Å². The lowest BCUT2D eigenvalue weighted by atomic mass is 10.1. The van der Waals surface area contributed by atoms with Gasteiger partial charge in [0.25, 0.3) is 5.91 Å². The van der Waals surface area contributed by atoms with E-state index in [0.717, 1.165) is 25.1 Å². The van der Waals surface area contributed by atoms with Gasteiger partial charge in [0.2, 0.25) is 5.95 Å². The van der Waals surface area contributed by atoms with Gasteiger partial charge in [0.1, 0.15) is 0 Å². The minimum atomic E-state index is -0.141. The van der Waals surface area contributed by atoms with Gasteiger partial charge in [-0.05, 0) is 49.9 Å². The molecule has 2 aromatic carbocycles. The number of amides is 1. The number of aryl methyl sites for hydroxylation is 2. The fourth-order valence-electron chi connectivity index (χ4n) is 3.05. The van der Waals surface area contributed by atoms with Crippen molar-refractivity contribution in [3.63, 3.8) is 0 Å². The number of anilines is 2. The largest absolute Gasteiger partial charge is 0.352 e. The molecule has 0 aliphatic heterocycles. The number of aromatic nitrogens is 2. The monoisotopic (exact) mass is 374 g/mol. The summed E-state index contributed by atoms with van der Waals surface area (Å²) in [5, 5.41) is 2.94. The van der Waals surface area contributed by atoms with Gasteiger partial charge in [-0.3, -0.25) is 4.79 Å². The van der Waals surface area contributed by atoms with Crippen molar-refractivity contribution >= 4 is 17.5 Å². The second kappa shape index (κ2) is 9.65. The van der Waals surface area contributed by atoms with Crippen molar-refractivity contribution < 1.29 is 4.79 Å². The van der Waals surface area contributed by atoms with Gasteiger partial charge in [-0.25, -0.2) is 9.97 Å². The number of rotatable bonds is 8. The highest BCUT2D eigenvalue weighted by Crippen LogP contribution is 2.22. The van der Waals surface area contributed by atoms with E-state index in [0.29, 0.717) is 18.1 Å². The quantitative estimate of drug-likeness (QED) is 0.597. The number of nitrogens with one attached hydrogen (secondary N) is 1.